The number of nitro groups is 1. The van der Waals surface area contributed by atoms with Gasteiger partial charge in [0.15, 0.2) is 4.90 Å². The first-order valence-electron chi connectivity index (χ1n) is 4.78. The largest absolute Gasteiger partial charge is 0.468 e. The summed E-state index contributed by atoms with van der Waals surface area (Å²) < 4.78 is 30.3. The Morgan fingerprint density at radius 1 is 1.53 bits per heavy atom. The fourth-order valence-electron chi connectivity index (χ4n) is 1.16. The summed E-state index contributed by atoms with van der Waals surface area (Å²) in [5, 5.41) is 10.8. The maximum Gasteiger partial charge on any atom is 0.320 e. The molecule has 0 bridgehead atoms. The number of hydrogen-bond acceptors (Lipinski definition) is 6. The molecule has 0 aliphatic rings. The second-order valence-electron chi connectivity index (χ2n) is 3.27. The molecule has 0 saturated heterocycles. The van der Waals surface area contributed by atoms with Crippen molar-refractivity contribution >= 4 is 37.6 Å². The van der Waals surface area contributed by atoms with E-state index in [0.717, 1.165) is 19.2 Å². The summed E-state index contributed by atoms with van der Waals surface area (Å²) in [5.41, 5.74) is -0.583. The lowest BCUT2D eigenvalue weighted by atomic mass is 10.3. The number of methoxy groups -OCH3 is 1. The normalized spacial score (nSPS) is 11.1. The summed E-state index contributed by atoms with van der Waals surface area (Å²) in [6.45, 7) is -0.609. The third kappa shape index (κ3) is 3.98. The highest BCUT2D eigenvalue weighted by atomic mass is 79.9. The van der Waals surface area contributed by atoms with Crippen LogP contribution < -0.4 is 4.72 Å². The number of carbonyl (C=O) groups excluding carboxylic acids is 1. The molecule has 0 aliphatic carbocycles. The molecule has 0 atom stereocenters. The average molecular weight is 353 g/mol. The smallest absolute Gasteiger partial charge is 0.320 e. The Kier molecular flexibility index (Phi) is 4.97. The van der Waals surface area contributed by atoms with Crippen molar-refractivity contribution in [2.75, 3.05) is 13.7 Å². The van der Waals surface area contributed by atoms with Crippen molar-refractivity contribution in [2.45, 2.75) is 4.90 Å². The zero-order chi connectivity index (χ0) is 14.6. The number of halogens is 1. The van der Waals surface area contributed by atoms with Gasteiger partial charge in [-0.05, 0) is 12.1 Å². The number of hydrogen-bond donors (Lipinski definition) is 1. The fraction of sp³-hybridized carbons (Fsp3) is 0.222. The number of nitro benzene ring substituents is 1. The van der Waals surface area contributed by atoms with E-state index in [0.29, 0.717) is 4.47 Å². The average Bonchev–Trinajstić information content (AvgIpc) is 2.35. The number of benzene rings is 1. The Labute approximate surface area is 117 Å². The van der Waals surface area contributed by atoms with E-state index in [4.69, 9.17) is 0 Å². The molecule has 0 amide bonds. The van der Waals surface area contributed by atoms with Crippen molar-refractivity contribution in [3.8, 4) is 0 Å². The summed E-state index contributed by atoms with van der Waals surface area (Å²) >= 11 is 3.03. The van der Waals surface area contributed by atoms with E-state index in [1.165, 1.54) is 6.07 Å². The molecular weight excluding hydrogens is 344 g/mol. The first-order chi connectivity index (χ1) is 8.77. The molecule has 1 aromatic carbocycles. The van der Waals surface area contributed by atoms with Gasteiger partial charge in [-0.15, -0.1) is 0 Å². The number of nitrogens with one attached hydrogen (secondary N) is 1. The fourth-order valence-corrected chi connectivity index (χ4v) is 2.83. The minimum absolute atomic E-state index is 0.358. The van der Waals surface area contributed by atoms with E-state index >= 15 is 0 Å². The maximum atomic E-state index is 11.9. The van der Waals surface area contributed by atoms with Crippen LogP contribution in [0.1, 0.15) is 0 Å². The van der Waals surface area contributed by atoms with Crippen molar-refractivity contribution in [1.29, 1.82) is 0 Å². The molecule has 1 rings (SSSR count). The molecule has 0 radical (unpaired) electrons. The molecule has 0 aromatic heterocycles. The first-order valence-corrected chi connectivity index (χ1v) is 7.06. The van der Waals surface area contributed by atoms with Crippen LogP contribution in [0.3, 0.4) is 0 Å². The second-order valence-corrected chi connectivity index (χ2v) is 5.92. The summed E-state index contributed by atoms with van der Waals surface area (Å²) in [6.07, 6.45) is 0. The molecule has 0 fully saturated rings. The zero-order valence-corrected chi connectivity index (χ0v) is 12.0. The van der Waals surface area contributed by atoms with Crippen LogP contribution in [-0.4, -0.2) is 33.0 Å². The predicted molar refractivity (Wildman–Crippen MR) is 68.0 cm³/mol. The van der Waals surface area contributed by atoms with E-state index in [2.05, 4.69) is 20.7 Å². The van der Waals surface area contributed by atoms with Gasteiger partial charge in [0.25, 0.3) is 5.69 Å². The van der Waals surface area contributed by atoms with E-state index in [9.17, 15) is 23.3 Å². The molecule has 1 aromatic rings. The molecule has 1 N–H and O–H groups in total. The van der Waals surface area contributed by atoms with Crippen molar-refractivity contribution in [3.63, 3.8) is 0 Å². The molecule has 19 heavy (non-hydrogen) atoms. The minimum atomic E-state index is -4.19. The van der Waals surface area contributed by atoms with Crippen LogP contribution in [0.25, 0.3) is 0 Å². The Balaban J connectivity index is 3.16. The van der Waals surface area contributed by atoms with Crippen molar-refractivity contribution < 1.29 is 22.9 Å². The third-order valence-electron chi connectivity index (χ3n) is 2.04. The molecule has 0 spiro atoms. The number of ether oxygens (including phenoxy) is 1. The van der Waals surface area contributed by atoms with Crippen LogP contribution in [0.2, 0.25) is 0 Å². The van der Waals surface area contributed by atoms with Crippen LogP contribution in [0.15, 0.2) is 27.6 Å². The number of nitrogens with zero attached hydrogens (tertiary/aromatic N) is 1. The summed E-state index contributed by atoms with van der Waals surface area (Å²) in [6, 6.07) is 3.48. The minimum Gasteiger partial charge on any atom is -0.468 e. The molecule has 0 aliphatic heterocycles. The van der Waals surface area contributed by atoms with Crippen LogP contribution in [0, 0.1) is 10.1 Å². The molecule has 104 valence electrons. The van der Waals surface area contributed by atoms with Crippen LogP contribution in [0.4, 0.5) is 5.69 Å². The van der Waals surface area contributed by atoms with Crippen molar-refractivity contribution in [1.82, 2.24) is 4.72 Å². The molecule has 8 nitrogen and oxygen atoms in total. The van der Waals surface area contributed by atoms with Gasteiger partial charge in [-0.2, -0.15) is 4.72 Å². The Hall–Kier alpha value is -1.52. The van der Waals surface area contributed by atoms with Gasteiger partial charge in [-0.1, -0.05) is 15.9 Å². The van der Waals surface area contributed by atoms with Gasteiger partial charge >= 0.3 is 5.97 Å². The van der Waals surface area contributed by atoms with Gasteiger partial charge in [0.1, 0.15) is 6.54 Å². The standard InChI is InChI=1S/C9H9BrN2O6S/c1-18-9(13)5-11-19(16,17)8-4-6(10)2-3-7(8)12(14)15/h2-4,11H,5H2,1H3. The number of sulfonamides is 1. The molecule has 0 saturated carbocycles. The number of esters is 1. The maximum absolute atomic E-state index is 11.9. The highest BCUT2D eigenvalue weighted by Crippen LogP contribution is 2.26. The second kappa shape index (κ2) is 6.08. The Bertz CT molecular complexity index is 615. The SMILES string of the molecule is COC(=O)CNS(=O)(=O)c1cc(Br)ccc1[N+](=O)[O-]. The van der Waals surface area contributed by atoms with E-state index in [1.807, 2.05) is 4.72 Å². The number of rotatable bonds is 5. The third-order valence-corrected chi connectivity index (χ3v) is 3.97. The highest BCUT2D eigenvalue weighted by molar-refractivity contribution is 9.10. The van der Waals surface area contributed by atoms with E-state index < -0.39 is 38.0 Å². The van der Waals surface area contributed by atoms with Gasteiger partial charge in [0, 0.05) is 10.5 Å². The molecule has 10 heteroatoms. The van der Waals surface area contributed by atoms with Gasteiger partial charge in [0.2, 0.25) is 10.0 Å². The lowest BCUT2D eigenvalue weighted by Crippen LogP contribution is -2.30. The first kappa shape index (κ1) is 15.5. The van der Waals surface area contributed by atoms with Gasteiger partial charge in [-0.3, -0.25) is 14.9 Å². The quantitative estimate of drug-likeness (QED) is 0.476. The van der Waals surface area contributed by atoms with Gasteiger partial charge in [-0.25, -0.2) is 8.42 Å². The molecular formula is C9H9BrN2O6S. The highest BCUT2D eigenvalue weighted by Gasteiger charge is 2.26. The van der Waals surface area contributed by atoms with E-state index in [-0.39, 0.29) is 0 Å². The predicted octanol–water partition coefficient (Wildman–Crippen LogP) is 0.809. The molecule has 0 heterocycles. The van der Waals surface area contributed by atoms with Crippen molar-refractivity contribution in [3.05, 3.63) is 32.8 Å². The number of carbonyl (C=O) groups is 1. The van der Waals surface area contributed by atoms with Crippen LogP contribution in [0.5, 0.6) is 0 Å². The topological polar surface area (TPSA) is 116 Å². The summed E-state index contributed by atoms with van der Waals surface area (Å²) in [7, 11) is -3.09. The monoisotopic (exact) mass is 352 g/mol. The van der Waals surface area contributed by atoms with Gasteiger partial charge in [0.05, 0.1) is 12.0 Å². The van der Waals surface area contributed by atoms with E-state index in [1.54, 1.807) is 0 Å². The summed E-state index contributed by atoms with van der Waals surface area (Å²) in [5.74, 6) is -0.804. The van der Waals surface area contributed by atoms with Crippen molar-refractivity contribution in [2.24, 2.45) is 0 Å². The zero-order valence-electron chi connectivity index (χ0n) is 9.62. The Morgan fingerprint density at radius 2 is 2.16 bits per heavy atom. The lowest BCUT2D eigenvalue weighted by molar-refractivity contribution is -0.387. The summed E-state index contributed by atoms with van der Waals surface area (Å²) in [4.78, 5) is 20.3. The Morgan fingerprint density at radius 3 is 2.68 bits per heavy atom. The van der Waals surface area contributed by atoms with Gasteiger partial charge < -0.3 is 4.74 Å². The van der Waals surface area contributed by atoms with Crippen LogP contribution in [-0.2, 0) is 19.6 Å². The van der Waals surface area contributed by atoms with Crippen LogP contribution >= 0.6 is 15.9 Å². The lowest BCUT2D eigenvalue weighted by Gasteiger charge is -2.06. The molecule has 0 unspecified atom stereocenters.